The molecule has 0 radical (unpaired) electrons. The zero-order chi connectivity index (χ0) is 15.8. The number of benzene rings is 2. The lowest BCUT2D eigenvalue weighted by atomic mass is 9.98. The van der Waals surface area contributed by atoms with Crippen molar-refractivity contribution in [3.05, 3.63) is 68.7 Å². The highest BCUT2D eigenvalue weighted by atomic mass is 79.9. The normalized spacial score (nSPS) is 11.5. The molecule has 0 fully saturated rings. The molecule has 0 saturated heterocycles. The van der Waals surface area contributed by atoms with E-state index in [-0.39, 0.29) is 11.3 Å². The van der Waals surface area contributed by atoms with E-state index in [1.165, 1.54) is 12.1 Å². The molecule has 0 spiro atoms. The van der Waals surface area contributed by atoms with Crippen molar-refractivity contribution in [2.45, 2.75) is 20.0 Å². The summed E-state index contributed by atoms with van der Waals surface area (Å²) in [6.07, 6.45) is -4.40. The molecule has 0 unspecified atom stereocenters. The molecule has 1 nitrogen and oxygen atoms in total. The third-order valence-corrected chi connectivity index (χ3v) is 4.17. The number of ketones is 1. The van der Waals surface area contributed by atoms with Crippen LogP contribution in [0, 0.1) is 13.8 Å². The highest BCUT2D eigenvalue weighted by molar-refractivity contribution is 9.10. The minimum Gasteiger partial charge on any atom is -0.289 e. The summed E-state index contributed by atoms with van der Waals surface area (Å²) in [5, 5.41) is 0. The van der Waals surface area contributed by atoms with Gasteiger partial charge in [0.15, 0.2) is 5.78 Å². The van der Waals surface area contributed by atoms with Crippen LogP contribution in [0.1, 0.15) is 32.6 Å². The van der Waals surface area contributed by atoms with Gasteiger partial charge in [-0.1, -0.05) is 23.8 Å². The van der Waals surface area contributed by atoms with Crippen LogP contribution >= 0.6 is 15.9 Å². The molecule has 2 rings (SSSR count). The maximum Gasteiger partial charge on any atom is 0.416 e. The van der Waals surface area contributed by atoms with Crippen molar-refractivity contribution in [2.24, 2.45) is 0 Å². The maximum atomic E-state index is 12.5. The fourth-order valence-corrected chi connectivity index (χ4v) is 2.49. The van der Waals surface area contributed by atoms with E-state index in [0.29, 0.717) is 10.0 Å². The number of carbonyl (C=O) groups excluding carboxylic acids is 1. The van der Waals surface area contributed by atoms with Gasteiger partial charge in [-0.15, -0.1) is 0 Å². The first kappa shape index (κ1) is 15.8. The van der Waals surface area contributed by atoms with Gasteiger partial charge in [-0.05, 0) is 53.5 Å². The van der Waals surface area contributed by atoms with Crippen LogP contribution in [0.25, 0.3) is 0 Å². The molecule has 0 N–H and O–H groups in total. The van der Waals surface area contributed by atoms with Gasteiger partial charge in [0, 0.05) is 15.6 Å². The van der Waals surface area contributed by atoms with Crippen LogP contribution in [-0.4, -0.2) is 5.78 Å². The average molecular weight is 357 g/mol. The molecule has 0 heterocycles. The van der Waals surface area contributed by atoms with Crippen LogP contribution in [-0.2, 0) is 6.18 Å². The first-order valence-electron chi connectivity index (χ1n) is 6.19. The second kappa shape index (κ2) is 5.64. The first-order chi connectivity index (χ1) is 9.70. The summed E-state index contributed by atoms with van der Waals surface area (Å²) >= 11 is 3.36. The Balaban J connectivity index is 2.41. The first-order valence-corrected chi connectivity index (χ1v) is 6.98. The monoisotopic (exact) mass is 356 g/mol. The lowest BCUT2D eigenvalue weighted by Crippen LogP contribution is -2.07. The number of halogens is 4. The molecule has 2 aromatic carbocycles. The zero-order valence-electron chi connectivity index (χ0n) is 11.4. The van der Waals surface area contributed by atoms with Gasteiger partial charge >= 0.3 is 6.18 Å². The lowest BCUT2D eigenvalue weighted by molar-refractivity contribution is -0.137. The van der Waals surface area contributed by atoms with Crippen LogP contribution in [0.4, 0.5) is 13.2 Å². The van der Waals surface area contributed by atoms with Crippen molar-refractivity contribution in [2.75, 3.05) is 0 Å². The fourth-order valence-electron chi connectivity index (χ4n) is 2.08. The highest BCUT2D eigenvalue weighted by Crippen LogP contribution is 2.30. The van der Waals surface area contributed by atoms with Crippen LogP contribution in [0.3, 0.4) is 0 Å². The van der Waals surface area contributed by atoms with Crippen molar-refractivity contribution >= 4 is 21.7 Å². The summed E-state index contributed by atoms with van der Waals surface area (Å²) in [5.74, 6) is -0.303. The van der Waals surface area contributed by atoms with Gasteiger partial charge in [-0.25, -0.2) is 0 Å². The largest absolute Gasteiger partial charge is 0.416 e. The zero-order valence-corrected chi connectivity index (χ0v) is 13.0. The van der Waals surface area contributed by atoms with Crippen LogP contribution in [0.15, 0.2) is 40.9 Å². The predicted octanol–water partition coefficient (Wildman–Crippen LogP) is 5.32. The summed E-state index contributed by atoms with van der Waals surface area (Å²) in [6.45, 7) is 3.73. The van der Waals surface area contributed by atoms with Crippen molar-refractivity contribution in [1.29, 1.82) is 0 Å². The maximum absolute atomic E-state index is 12.5. The summed E-state index contributed by atoms with van der Waals surface area (Å²) in [6, 6.07) is 7.89. The molecule has 0 bridgehead atoms. The Morgan fingerprint density at radius 2 is 1.62 bits per heavy atom. The van der Waals surface area contributed by atoms with E-state index in [2.05, 4.69) is 15.9 Å². The smallest absolute Gasteiger partial charge is 0.289 e. The highest BCUT2D eigenvalue weighted by Gasteiger charge is 2.30. The molecule has 5 heteroatoms. The second-order valence-corrected chi connectivity index (χ2v) is 5.64. The van der Waals surface area contributed by atoms with Gasteiger partial charge in [-0.3, -0.25) is 4.79 Å². The van der Waals surface area contributed by atoms with E-state index in [0.717, 1.165) is 23.3 Å². The molecule has 2 aromatic rings. The Labute approximate surface area is 128 Å². The molecule has 0 aliphatic carbocycles. The third kappa shape index (κ3) is 3.35. The predicted molar refractivity (Wildman–Crippen MR) is 78.5 cm³/mol. The van der Waals surface area contributed by atoms with Gasteiger partial charge in [0.2, 0.25) is 0 Å². The summed E-state index contributed by atoms with van der Waals surface area (Å²) < 4.78 is 38.2. The van der Waals surface area contributed by atoms with Crippen LogP contribution in [0.2, 0.25) is 0 Å². The number of rotatable bonds is 2. The number of aryl methyl sites for hydroxylation is 2. The fraction of sp³-hybridized carbons (Fsp3) is 0.188. The molecule has 0 saturated carbocycles. The van der Waals surface area contributed by atoms with E-state index in [1.807, 2.05) is 19.9 Å². The molecule has 21 heavy (non-hydrogen) atoms. The molecule has 0 aliphatic rings. The number of carbonyl (C=O) groups is 1. The minimum atomic E-state index is -4.40. The molecule has 0 aliphatic heterocycles. The number of hydrogen-bond acceptors (Lipinski definition) is 1. The molecular weight excluding hydrogens is 345 g/mol. The average Bonchev–Trinajstić information content (AvgIpc) is 2.41. The third-order valence-electron chi connectivity index (χ3n) is 3.12. The summed E-state index contributed by atoms with van der Waals surface area (Å²) in [4.78, 5) is 12.4. The van der Waals surface area contributed by atoms with Gasteiger partial charge in [0.25, 0.3) is 0 Å². The quantitative estimate of drug-likeness (QED) is 0.666. The van der Waals surface area contributed by atoms with E-state index in [1.54, 1.807) is 6.07 Å². The molecule has 110 valence electrons. The molecular formula is C16H12BrF3O. The molecule has 0 atom stereocenters. The number of alkyl halides is 3. The Morgan fingerprint density at radius 1 is 1.05 bits per heavy atom. The van der Waals surface area contributed by atoms with Crippen molar-refractivity contribution in [3.8, 4) is 0 Å². The van der Waals surface area contributed by atoms with Gasteiger partial charge in [0.05, 0.1) is 5.56 Å². The topological polar surface area (TPSA) is 17.1 Å². The Hall–Kier alpha value is -1.62. The van der Waals surface area contributed by atoms with Crippen LogP contribution in [0.5, 0.6) is 0 Å². The van der Waals surface area contributed by atoms with Gasteiger partial charge in [0.1, 0.15) is 0 Å². The van der Waals surface area contributed by atoms with Crippen LogP contribution < -0.4 is 0 Å². The number of hydrogen-bond donors (Lipinski definition) is 0. The SMILES string of the molecule is Cc1cc(C)c(Br)c(C(=O)c2ccc(C(F)(F)F)cc2)c1. The molecule has 0 aromatic heterocycles. The van der Waals surface area contributed by atoms with Crippen molar-refractivity contribution in [3.63, 3.8) is 0 Å². The molecule has 0 amide bonds. The summed E-state index contributed by atoms with van der Waals surface area (Å²) in [5.41, 5.74) is 1.75. The van der Waals surface area contributed by atoms with E-state index in [9.17, 15) is 18.0 Å². The van der Waals surface area contributed by atoms with Gasteiger partial charge < -0.3 is 0 Å². The second-order valence-electron chi connectivity index (χ2n) is 4.85. The van der Waals surface area contributed by atoms with E-state index >= 15 is 0 Å². The standard InChI is InChI=1S/C16H12BrF3O/c1-9-7-10(2)14(17)13(8-9)15(21)11-3-5-12(6-4-11)16(18,19)20/h3-8H,1-2H3. The lowest BCUT2D eigenvalue weighted by Gasteiger charge is -2.10. The Kier molecular flexibility index (Phi) is 4.23. The minimum absolute atomic E-state index is 0.230. The van der Waals surface area contributed by atoms with Gasteiger partial charge in [-0.2, -0.15) is 13.2 Å². The Bertz CT molecular complexity index is 688. The van der Waals surface area contributed by atoms with Crippen molar-refractivity contribution < 1.29 is 18.0 Å². The van der Waals surface area contributed by atoms with E-state index in [4.69, 9.17) is 0 Å². The van der Waals surface area contributed by atoms with E-state index < -0.39 is 11.7 Å². The summed E-state index contributed by atoms with van der Waals surface area (Å²) in [7, 11) is 0. The van der Waals surface area contributed by atoms with Crippen molar-refractivity contribution in [1.82, 2.24) is 0 Å². The Morgan fingerprint density at radius 3 is 2.14 bits per heavy atom.